The predicted octanol–water partition coefficient (Wildman–Crippen LogP) is 0.203. The molecule has 5 heteroatoms. The molecule has 1 fully saturated rings. The van der Waals surface area contributed by atoms with Crippen LogP contribution in [0.1, 0.15) is 30.1 Å². The number of piperidine rings is 1. The Balaban J connectivity index is 1.63. The van der Waals surface area contributed by atoms with Crippen LogP contribution in [0.5, 0.6) is 0 Å². The topological polar surface area (TPSA) is 86.8 Å². The number of carbonyl (C=O) groups excluding carboxylic acids is 1. The number of nitrogens with two attached hydrogens (primary N) is 1. The smallest absolute Gasteiger partial charge is 0.246 e. The fourth-order valence-electron chi connectivity index (χ4n) is 3.68. The molecule has 1 saturated heterocycles. The molecule has 1 amide bonds. The molecular formula is C16H22N2O3. The van der Waals surface area contributed by atoms with Gasteiger partial charge in [0, 0.05) is 6.04 Å². The van der Waals surface area contributed by atoms with Crippen LogP contribution in [-0.4, -0.2) is 46.3 Å². The van der Waals surface area contributed by atoms with Crippen molar-refractivity contribution in [1.82, 2.24) is 4.90 Å². The van der Waals surface area contributed by atoms with E-state index in [0.29, 0.717) is 0 Å². The molecule has 0 aromatic heterocycles. The van der Waals surface area contributed by atoms with Gasteiger partial charge in [0.05, 0.1) is 6.10 Å². The van der Waals surface area contributed by atoms with Crippen molar-refractivity contribution < 1.29 is 15.0 Å². The third-order valence-corrected chi connectivity index (χ3v) is 4.95. The van der Waals surface area contributed by atoms with E-state index in [9.17, 15) is 15.0 Å². The largest absolute Gasteiger partial charge is 0.387 e. The molecule has 1 aromatic carbocycles. The van der Waals surface area contributed by atoms with Crippen molar-refractivity contribution in [3.05, 3.63) is 35.4 Å². The number of likely N-dealkylation sites (tertiary alicyclic amines) is 1. The molecule has 0 bridgehead atoms. The molecule has 5 nitrogen and oxygen atoms in total. The number of hydrogen-bond donors (Lipinski definition) is 3. The molecule has 0 saturated carbocycles. The van der Waals surface area contributed by atoms with Crippen molar-refractivity contribution in [2.45, 2.75) is 37.5 Å². The van der Waals surface area contributed by atoms with Crippen LogP contribution < -0.4 is 5.73 Å². The second-order valence-corrected chi connectivity index (χ2v) is 6.14. The Morgan fingerprint density at radius 3 is 2.57 bits per heavy atom. The minimum absolute atomic E-state index is 0.0559. The van der Waals surface area contributed by atoms with Gasteiger partial charge >= 0.3 is 0 Å². The van der Waals surface area contributed by atoms with Gasteiger partial charge in [0.2, 0.25) is 5.91 Å². The molecule has 2 aliphatic rings. The number of primary amides is 1. The van der Waals surface area contributed by atoms with Crippen molar-refractivity contribution in [1.29, 1.82) is 0 Å². The highest BCUT2D eigenvalue weighted by Gasteiger charge is 2.37. The van der Waals surface area contributed by atoms with E-state index in [4.69, 9.17) is 5.73 Å². The summed E-state index contributed by atoms with van der Waals surface area (Å²) in [5.41, 5.74) is 7.41. The van der Waals surface area contributed by atoms with E-state index in [0.717, 1.165) is 37.9 Å². The first-order valence-electron chi connectivity index (χ1n) is 7.55. The zero-order valence-corrected chi connectivity index (χ0v) is 12.0. The van der Waals surface area contributed by atoms with Gasteiger partial charge < -0.3 is 15.9 Å². The Bertz CT molecular complexity index is 526. The summed E-state index contributed by atoms with van der Waals surface area (Å²) in [6, 6.07) is 8.13. The summed E-state index contributed by atoms with van der Waals surface area (Å²) in [6.45, 7) is 1.56. The van der Waals surface area contributed by atoms with Crippen LogP contribution in [-0.2, 0) is 11.2 Å². The van der Waals surface area contributed by atoms with Gasteiger partial charge in [-0.1, -0.05) is 24.3 Å². The fourth-order valence-corrected chi connectivity index (χ4v) is 3.68. The summed E-state index contributed by atoms with van der Waals surface area (Å²) in [5.74, 6) is -0.693. The van der Waals surface area contributed by atoms with Gasteiger partial charge in [0.25, 0.3) is 0 Å². The lowest BCUT2D eigenvalue weighted by atomic mass is 9.89. The lowest BCUT2D eigenvalue weighted by molar-refractivity contribution is -0.130. The zero-order valence-electron chi connectivity index (χ0n) is 12.0. The first kappa shape index (κ1) is 14.5. The molecule has 3 rings (SSSR count). The van der Waals surface area contributed by atoms with Gasteiger partial charge in [-0.25, -0.2) is 0 Å². The molecular weight excluding hydrogens is 268 g/mol. The third-order valence-electron chi connectivity index (χ3n) is 4.95. The van der Waals surface area contributed by atoms with E-state index in [-0.39, 0.29) is 12.0 Å². The highest BCUT2D eigenvalue weighted by atomic mass is 16.3. The second-order valence-electron chi connectivity index (χ2n) is 6.14. The van der Waals surface area contributed by atoms with E-state index in [1.807, 2.05) is 18.2 Å². The minimum Gasteiger partial charge on any atom is -0.387 e. The van der Waals surface area contributed by atoms with Crippen molar-refractivity contribution in [2.75, 3.05) is 13.1 Å². The van der Waals surface area contributed by atoms with E-state index in [2.05, 4.69) is 11.0 Å². The number of carbonyl (C=O) groups is 1. The maximum Gasteiger partial charge on any atom is 0.246 e. The van der Waals surface area contributed by atoms with Crippen LogP contribution in [0.4, 0.5) is 0 Å². The lowest BCUT2D eigenvalue weighted by Crippen LogP contribution is -2.47. The summed E-state index contributed by atoms with van der Waals surface area (Å²) >= 11 is 0. The number of fused-ring (bicyclic) bond motifs is 1. The molecule has 0 radical (unpaired) electrons. The van der Waals surface area contributed by atoms with Crippen molar-refractivity contribution in [3.63, 3.8) is 0 Å². The van der Waals surface area contributed by atoms with Crippen molar-refractivity contribution in [2.24, 2.45) is 11.7 Å². The fraction of sp³-hybridized carbons (Fsp3) is 0.562. The maximum absolute atomic E-state index is 11.1. The van der Waals surface area contributed by atoms with E-state index < -0.39 is 18.1 Å². The number of aliphatic hydroxyl groups is 2. The van der Waals surface area contributed by atoms with E-state index in [1.54, 1.807) is 0 Å². The Kier molecular flexibility index (Phi) is 3.97. The Morgan fingerprint density at radius 2 is 1.95 bits per heavy atom. The number of nitrogens with zero attached hydrogens (tertiary/aromatic N) is 1. The Morgan fingerprint density at radius 1 is 1.29 bits per heavy atom. The third kappa shape index (κ3) is 2.69. The molecule has 1 aliphatic carbocycles. The number of hydrogen-bond acceptors (Lipinski definition) is 4. The van der Waals surface area contributed by atoms with Crippen LogP contribution in [0, 0.1) is 5.92 Å². The summed E-state index contributed by atoms with van der Waals surface area (Å²) in [4.78, 5) is 13.3. The average molecular weight is 290 g/mol. The Labute approximate surface area is 124 Å². The molecule has 114 valence electrons. The van der Waals surface area contributed by atoms with Crippen molar-refractivity contribution >= 4 is 5.91 Å². The summed E-state index contributed by atoms with van der Waals surface area (Å²) in [5, 5.41) is 20.2. The first-order valence-corrected chi connectivity index (χ1v) is 7.55. The molecule has 21 heavy (non-hydrogen) atoms. The van der Waals surface area contributed by atoms with E-state index in [1.165, 1.54) is 5.56 Å². The number of rotatable bonds is 3. The Hall–Kier alpha value is -1.43. The van der Waals surface area contributed by atoms with Gasteiger partial charge in [0.1, 0.15) is 6.10 Å². The molecule has 1 heterocycles. The quantitative estimate of drug-likeness (QED) is 0.742. The van der Waals surface area contributed by atoms with Gasteiger partial charge in [0.15, 0.2) is 0 Å². The summed E-state index contributed by atoms with van der Waals surface area (Å²) < 4.78 is 0. The number of benzene rings is 1. The molecule has 3 unspecified atom stereocenters. The van der Waals surface area contributed by atoms with E-state index >= 15 is 0 Å². The van der Waals surface area contributed by atoms with Gasteiger partial charge in [-0.15, -0.1) is 0 Å². The van der Waals surface area contributed by atoms with Crippen LogP contribution in [0.3, 0.4) is 0 Å². The minimum atomic E-state index is -1.04. The lowest BCUT2D eigenvalue weighted by Gasteiger charge is -2.38. The summed E-state index contributed by atoms with van der Waals surface area (Å²) in [6.07, 6.45) is 0.852. The van der Waals surface area contributed by atoms with Crippen LogP contribution >= 0.6 is 0 Å². The molecule has 3 atom stereocenters. The maximum atomic E-state index is 11.1. The second kappa shape index (κ2) is 5.75. The highest BCUT2D eigenvalue weighted by Crippen LogP contribution is 2.36. The molecule has 0 spiro atoms. The summed E-state index contributed by atoms with van der Waals surface area (Å²) in [7, 11) is 0. The van der Waals surface area contributed by atoms with Gasteiger partial charge in [-0.3, -0.25) is 9.69 Å². The van der Waals surface area contributed by atoms with Crippen LogP contribution in [0.25, 0.3) is 0 Å². The monoisotopic (exact) mass is 290 g/mol. The van der Waals surface area contributed by atoms with Gasteiger partial charge in [-0.05, 0) is 49.4 Å². The molecule has 1 aliphatic heterocycles. The average Bonchev–Trinajstić information content (AvgIpc) is 2.84. The molecule has 4 N–H and O–H groups in total. The standard InChI is InChI=1S/C16H22N2O3/c17-16(21)14(19)10-5-7-18(8-6-10)13-9-11-3-1-2-4-12(11)15(13)20/h1-4,10,13-15,19-20H,5-9H2,(H2,17,21). The van der Waals surface area contributed by atoms with Crippen molar-refractivity contribution in [3.8, 4) is 0 Å². The molecule has 1 aromatic rings. The predicted molar refractivity (Wildman–Crippen MR) is 78.4 cm³/mol. The van der Waals surface area contributed by atoms with Gasteiger partial charge in [-0.2, -0.15) is 0 Å². The highest BCUT2D eigenvalue weighted by molar-refractivity contribution is 5.78. The SMILES string of the molecule is NC(=O)C(O)C1CCN(C2Cc3ccccc3C2O)CC1. The zero-order chi connectivity index (χ0) is 15.0. The number of aliphatic hydroxyl groups excluding tert-OH is 2. The number of amides is 1. The first-order chi connectivity index (χ1) is 10.1. The van der Waals surface area contributed by atoms with Crippen LogP contribution in [0.2, 0.25) is 0 Å². The van der Waals surface area contributed by atoms with Crippen LogP contribution in [0.15, 0.2) is 24.3 Å². The normalized spacial score (nSPS) is 28.3.